The molecule has 1 N–H and O–H groups in total. The maximum absolute atomic E-state index is 4.83. The van der Waals surface area contributed by atoms with Crippen LogP contribution in [0.1, 0.15) is 29.7 Å². The van der Waals surface area contributed by atoms with Crippen LogP contribution in [0.25, 0.3) is 10.9 Å². The molecule has 3 rings (SSSR count). The summed E-state index contributed by atoms with van der Waals surface area (Å²) < 4.78 is 0. The van der Waals surface area contributed by atoms with E-state index in [1.165, 1.54) is 41.5 Å². The van der Waals surface area contributed by atoms with E-state index in [1.807, 2.05) is 7.05 Å². The van der Waals surface area contributed by atoms with E-state index in [0.717, 1.165) is 18.5 Å². The lowest BCUT2D eigenvalue weighted by Crippen LogP contribution is -2.14. The Hall–Kier alpha value is -1.41. The average molecular weight is 226 g/mol. The molecular formula is C15H18N2. The summed E-state index contributed by atoms with van der Waals surface area (Å²) in [4.78, 5) is 4.83. The van der Waals surface area contributed by atoms with Crippen LogP contribution in [0.15, 0.2) is 24.3 Å². The lowest BCUT2D eigenvalue weighted by atomic mass is 9.90. The standard InChI is InChI=1S/C15H18N2/c1-16-10-13-11-6-2-4-8-14(11)17-15-9-5-3-7-12(13)15/h2,4,6,8,16H,3,5,7,9-10H2,1H3. The fraction of sp³-hybridized carbons (Fsp3) is 0.400. The van der Waals surface area contributed by atoms with Gasteiger partial charge in [0.05, 0.1) is 5.52 Å². The van der Waals surface area contributed by atoms with Crippen LogP contribution in [-0.2, 0) is 19.4 Å². The van der Waals surface area contributed by atoms with Gasteiger partial charge in [-0.15, -0.1) is 0 Å². The Balaban J connectivity index is 2.28. The minimum atomic E-state index is 0.950. The van der Waals surface area contributed by atoms with Crippen LogP contribution in [-0.4, -0.2) is 12.0 Å². The number of nitrogens with one attached hydrogen (secondary N) is 1. The highest BCUT2D eigenvalue weighted by molar-refractivity contribution is 5.83. The number of fused-ring (bicyclic) bond motifs is 2. The van der Waals surface area contributed by atoms with Gasteiger partial charge >= 0.3 is 0 Å². The van der Waals surface area contributed by atoms with E-state index < -0.39 is 0 Å². The fourth-order valence-electron chi connectivity index (χ4n) is 2.85. The second-order valence-corrected chi connectivity index (χ2v) is 4.77. The molecule has 0 fully saturated rings. The number of nitrogens with zero attached hydrogens (tertiary/aromatic N) is 1. The molecule has 0 spiro atoms. The van der Waals surface area contributed by atoms with Gasteiger partial charge in [-0.1, -0.05) is 18.2 Å². The molecule has 0 bridgehead atoms. The van der Waals surface area contributed by atoms with Crippen molar-refractivity contribution in [2.45, 2.75) is 32.2 Å². The van der Waals surface area contributed by atoms with Crippen molar-refractivity contribution in [2.24, 2.45) is 0 Å². The molecule has 1 aliphatic rings. The Labute approximate surface area is 102 Å². The van der Waals surface area contributed by atoms with Gasteiger partial charge in [-0.05, 0) is 49.9 Å². The third-order valence-corrected chi connectivity index (χ3v) is 3.64. The zero-order chi connectivity index (χ0) is 11.7. The number of hydrogen-bond donors (Lipinski definition) is 1. The van der Waals surface area contributed by atoms with Crippen LogP contribution in [0.3, 0.4) is 0 Å². The smallest absolute Gasteiger partial charge is 0.0708 e. The van der Waals surface area contributed by atoms with Gasteiger partial charge in [0.1, 0.15) is 0 Å². The van der Waals surface area contributed by atoms with Crippen molar-refractivity contribution in [1.29, 1.82) is 0 Å². The van der Waals surface area contributed by atoms with E-state index in [0.29, 0.717) is 0 Å². The minimum absolute atomic E-state index is 0.950. The molecule has 0 unspecified atom stereocenters. The number of aromatic nitrogens is 1. The molecule has 2 heteroatoms. The van der Waals surface area contributed by atoms with Crippen molar-refractivity contribution in [1.82, 2.24) is 10.3 Å². The van der Waals surface area contributed by atoms with Gasteiger partial charge in [0, 0.05) is 17.6 Å². The van der Waals surface area contributed by atoms with E-state index in [2.05, 4.69) is 29.6 Å². The first-order valence-corrected chi connectivity index (χ1v) is 6.44. The van der Waals surface area contributed by atoms with E-state index in [1.54, 1.807) is 0 Å². The van der Waals surface area contributed by atoms with Crippen molar-refractivity contribution in [3.05, 3.63) is 41.1 Å². The Kier molecular flexibility index (Phi) is 2.81. The number of rotatable bonds is 2. The summed E-state index contributed by atoms with van der Waals surface area (Å²) in [5.74, 6) is 0. The first kappa shape index (κ1) is 10.7. The zero-order valence-electron chi connectivity index (χ0n) is 10.3. The molecule has 1 heterocycles. The quantitative estimate of drug-likeness (QED) is 0.851. The van der Waals surface area contributed by atoms with Crippen LogP contribution < -0.4 is 5.32 Å². The predicted octanol–water partition coefficient (Wildman–Crippen LogP) is 2.83. The summed E-state index contributed by atoms with van der Waals surface area (Å²) in [6.45, 7) is 0.950. The normalized spacial score (nSPS) is 14.9. The average Bonchev–Trinajstić information content (AvgIpc) is 2.39. The summed E-state index contributed by atoms with van der Waals surface area (Å²) >= 11 is 0. The lowest BCUT2D eigenvalue weighted by molar-refractivity contribution is 0.659. The second kappa shape index (κ2) is 4.46. The Morgan fingerprint density at radius 3 is 2.88 bits per heavy atom. The number of aryl methyl sites for hydroxylation is 1. The van der Waals surface area contributed by atoms with Gasteiger partial charge in [0.25, 0.3) is 0 Å². The van der Waals surface area contributed by atoms with Gasteiger partial charge in [-0.3, -0.25) is 4.98 Å². The molecule has 88 valence electrons. The third-order valence-electron chi connectivity index (χ3n) is 3.64. The van der Waals surface area contributed by atoms with E-state index in [4.69, 9.17) is 4.98 Å². The van der Waals surface area contributed by atoms with Gasteiger partial charge in [-0.2, -0.15) is 0 Å². The molecule has 2 nitrogen and oxygen atoms in total. The van der Waals surface area contributed by atoms with Gasteiger partial charge in [0.2, 0.25) is 0 Å². The molecule has 17 heavy (non-hydrogen) atoms. The first-order valence-electron chi connectivity index (χ1n) is 6.44. The number of hydrogen-bond acceptors (Lipinski definition) is 2. The highest BCUT2D eigenvalue weighted by atomic mass is 14.8. The van der Waals surface area contributed by atoms with E-state index >= 15 is 0 Å². The summed E-state index contributed by atoms with van der Waals surface area (Å²) in [6.07, 6.45) is 4.95. The van der Waals surface area contributed by atoms with Crippen molar-refractivity contribution in [3.63, 3.8) is 0 Å². The summed E-state index contributed by atoms with van der Waals surface area (Å²) in [7, 11) is 2.02. The summed E-state index contributed by atoms with van der Waals surface area (Å²) in [6, 6.07) is 8.51. The molecule has 0 saturated carbocycles. The summed E-state index contributed by atoms with van der Waals surface area (Å²) in [5.41, 5.74) is 5.45. The predicted molar refractivity (Wildman–Crippen MR) is 71.1 cm³/mol. The van der Waals surface area contributed by atoms with Gasteiger partial charge in [-0.25, -0.2) is 0 Å². The molecular weight excluding hydrogens is 208 g/mol. The SMILES string of the molecule is CNCc1c2c(nc3ccccc13)CCCC2. The van der Waals surface area contributed by atoms with Crippen LogP contribution in [0.4, 0.5) is 0 Å². The van der Waals surface area contributed by atoms with Gasteiger partial charge in [0.15, 0.2) is 0 Å². The van der Waals surface area contributed by atoms with Crippen molar-refractivity contribution in [3.8, 4) is 0 Å². The van der Waals surface area contributed by atoms with E-state index in [9.17, 15) is 0 Å². The molecule has 2 aromatic rings. The Bertz CT molecular complexity index is 546. The number of pyridine rings is 1. The second-order valence-electron chi connectivity index (χ2n) is 4.77. The topological polar surface area (TPSA) is 24.9 Å². The molecule has 0 radical (unpaired) electrons. The minimum Gasteiger partial charge on any atom is -0.316 e. The lowest BCUT2D eigenvalue weighted by Gasteiger charge is -2.20. The molecule has 0 amide bonds. The van der Waals surface area contributed by atoms with Crippen LogP contribution in [0.5, 0.6) is 0 Å². The third kappa shape index (κ3) is 1.83. The Morgan fingerprint density at radius 1 is 1.18 bits per heavy atom. The molecule has 1 aromatic carbocycles. The molecule has 0 saturated heterocycles. The Morgan fingerprint density at radius 2 is 2.00 bits per heavy atom. The van der Waals surface area contributed by atoms with Crippen LogP contribution >= 0.6 is 0 Å². The zero-order valence-corrected chi connectivity index (χ0v) is 10.3. The molecule has 0 aliphatic heterocycles. The molecule has 0 atom stereocenters. The molecule has 1 aliphatic carbocycles. The van der Waals surface area contributed by atoms with E-state index in [-0.39, 0.29) is 0 Å². The van der Waals surface area contributed by atoms with Crippen molar-refractivity contribution >= 4 is 10.9 Å². The van der Waals surface area contributed by atoms with Crippen LogP contribution in [0.2, 0.25) is 0 Å². The first-order chi connectivity index (χ1) is 8.40. The number of para-hydroxylation sites is 1. The number of benzene rings is 1. The molecule has 1 aromatic heterocycles. The van der Waals surface area contributed by atoms with Crippen molar-refractivity contribution in [2.75, 3.05) is 7.05 Å². The van der Waals surface area contributed by atoms with Gasteiger partial charge < -0.3 is 5.32 Å². The summed E-state index contributed by atoms with van der Waals surface area (Å²) in [5, 5.41) is 4.62. The largest absolute Gasteiger partial charge is 0.316 e. The highest BCUT2D eigenvalue weighted by Gasteiger charge is 2.17. The van der Waals surface area contributed by atoms with Crippen molar-refractivity contribution < 1.29 is 0 Å². The van der Waals surface area contributed by atoms with Crippen LogP contribution in [0, 0.1) is 0 Å². The monoisotopic (exact) mass is 226 g/mol. The maximum atomic E-state index is 4.83. The highest BCUT2D eigenvalue weighted by Crippen LogP contribution is 2.28. The maximum Gasteiger partial charge on any atom is 0.0708 e. The fourth-order valence-corrected chi connectivity index (χ4v) is 2.85.